The third-order valence-corrected chi connectivity index (χ3v) is 4.91. The Morgan fingerprint density at radius 2 is 1.97 bits per heavy atom. The molecule has 0 saturated carbocycles. The summed E-state index contributed by atoms with van der Waals surface area (Å²) in [5.41, 5.74) is -1.14. The molecule has 3 atom stereocenters. The molecule has 0 radical (unpaired) electrons. The molecule has 1 aromatic rings. The van der Waals surface area contributed by atoms with Gasteiger partial charge in [0.2, 0.25) is 0 Å². The number of guanidine groups is 1. The van der Waals surface area contributed by atoms with Crippen LogP contribution in [-0.2, 0) is 17.5 Å². The maximum Gasteiger partial charge on any atom is 0.416 e. The number of rotatable bonds is 4. The van der Waals surface area contributed by atoms with Gasteiger partial charge >= 0.3 is 6.18 Å². The molecule has 3 rings (SSSR count). The molecule has 164 valence electrons. The average molecular weight is 527 g/mol. The Kier molecular flexibility index (Phi) is 7.69. The molecule has 2 N–H and O–H groups in total. The van der Waals surface area contributed by atoms with Gasteiger partial charge < -0.3 is 20.1 Å². The van der Waals surface area contributed by atoms with Crippen molar-refractivity contribution in [2.24, 2.45) is 4.99 Å². The normalized spacial score (nSPS) is 24.2. The summed E-state index contributed by atoms with van der Waals surface area (Å²) in [6.07, 6.45) is -1.04. The van der Waals surface area contributed by atoms with Crippen molar-refractivity contribution in [2.45, 2.75) is 76.6 Å². The number of fused-ring (bicyclic) bond motifs is 2. The fourth-order valence-electron chi connectivity index (χ4n) is 3.73. The first-order chi connectivity index (χ1) is 13.0. The van der Waals surface area contributed by atoms with Gasteiger partial charge in [0.05, 0.1) is 23.8 Å². The predicted octanol–water partition coefficient (Wildman–Crippen LogP) is 4.49. The third-order valence-electron chi connectivity index (χ3n) is 4.91. The summed E-state index contributed by atoms with van der Waals surface area (Å²) in [4.78, 5) is 4.14. The highest BCUT2D eigenvalue weighted by atomic mass is 127. The van der Waals surface area contributed by atoms with Crippen LogP contribution in [0.5, 0.6) is 5.75 Å². The molecule has 0 spiro atoms. The summed E-state index contributed by atoms with van der Waals surface area (Å²) in [7, 11) is 1.61. The van der Waals surface area contributed by atoms with Gasteiger partial charge in [0, 0.05) is 13.6 Å². The first-order valence-electron chi connectivity index (χ1n) is 9.57. The van der Waals surface area contributed by atoms with Crippen molar-refractivity contribution >= 4 is 29.9 Å². The minimum atomic E-state index is -4.47. The van der Waals surface area contributed by atoms with Gasteiger partial charge in [-0.2, -0.15) is 13.2 Å². The lowest BCUT2D eigenvalue weighted by Crippen LogP contribution is -2.47. The van der Waals surface area contributed by atoms with E-state index in [2.05, 4.69) is 15.6 Å². The van der Waals surface area contributed by atoms with Crippen LogP contribution in [0.3, 0.4) is 0 Å². The zero-order valence-electron chi connectivity index (χ0n) is 17.1. The van der Waals surface area contributed by atoms with Crippen molar-refractivity contribution in [3.05, 3.63) is 29.3 Å². The van der Waals surface area contributed by atoms with Gasteiger partial charge in [0.1, 0.15) is 11.4 Å². The fourth-order valence-corrected chi connectivity index (χ4v) is 3.73. The number of aliphatic imine (C=N–C) groups is 1. The maximum absolute atomic E-state index is 13.6. The van der Waals surface area contributed by atoms with E-state index in [1.165, 1.54) is 6.07 Å². The number of alkyl halides is 3. The van der Waals surface area contributed by atoms with Crippen LogP contribution in [-0.4, -0.2) is 36.9 Å². The van der Waals surface area contributed by atoms with Crippen LogP contribution in [0.2, 0.25) is 0 Å². The lowest BCUT2D eigenvalue weighted by Gasteiger charge is -2.24. The molecule has 0 aliphatic carbocycles. The standard InChI is InChI=1S/C20H28F3N3O2.HI/c1-19(2,3)28-14-6-5-12(15(9-14)20(21,22)23)11-25-18(24-4)26-16-10-13-7-8-17(16)27-13;/h5-6,9,13,16-17H,7-8,10-11H2,1-4H3,(H2,24,25,26);1H. The second-order valence-electron chi connectivity index (χ2n) is 8.32. The van der Waals surface area contributed by atoms with Crippen molar-refractivity contribution in [2.75, 3.05) is 7.05 Å². The molecule has 2 heterocycles. The lowest BCUT2D eigenvalue weighted by molar-refractivity contribution is -0.138. The Hall–Kier alpha value is -1.23. The summed E-state index contributed by atoms with van der Waals surface area (Å²) in [5, 5.41) is 6.27. The van der Waals surface area contributed by atoms with Crippen LogP contribution >= 0.6 is 24.0 Å². The van der Waals surface area contributed by atoms with Crippen LogP contribution in [0.25, 0.3) is 0 Å². The van der Waals surface area contributed by atoms with Crippen molar-refractivity contribution in [1.29, 1.82) is 0 Å². The summed E-state index contributed by atoms with van der Waals surface area (Å²) < 4.78 is 52.0. The van der Waals surface area contributed by atoms with Crippen molar-refractivity contribution in [3.63, 3.8) is 0 Å². The molecule has 2 bridgehead atoms. The number of hydrogen-bond acceptors (Lipinski definition) is 3. The van der Waals surface area contributed by atoms with E-state index in [0.29, 0.717) is 5.96 Å². The zero-order chi connectivity index (χ0) is 20.5. The predicted molar refractivity (Wildman–Crippen MR) is 117 cm³/mol. The number of hydrogen-bond donors (Lipinski definition) is 2. The summed E-state index contributed by atoms with van der Waals surface area (Å²) in [5.74, 6) is 0.675. The average Bonchev–Trinajstić information content (AvgIpc) is 3.20. The molecule has 2 fully saturated rings. The van der Waals surface area contributed by atoms with Crippen molar-refractivity contribution in [3.8, 4) is 5.75 Å². The van der Waals surface area contributed by atoms with E-state index < -0.39 is 17.3 Å². The molecule has 0 aromatic heterocycles. The number of nitrogens with one attached hydrogen (secondary N) is 2. The second kappa shape index (κ2) is 9.28. The Morgan fingerprint density at radius 1 is 1.24 bits per heavy atom. The van der Waals surface area contributed by atoms with E-state index in [4.69, 9.17) is 9.47 Å². The number of halogens is 4. The summed E-state index contributed by atoms with van der Waals surface area (Å²) in [6, 6.07) is 4.22. The number of nitrogens with zero attached hydrogens (tertiary/aromatic N) is 1. The molecule has 2 aliphatic rings. The largest absolute Gasteiger partial charge is 0.488 e. The van der Waals surface area contributed by atoms with Crippen LogP contribution in [0.15, 0.2) is 23.2 Å². The van der Waals surface area contributed by atoms with Crippen LogP contribution in [0.4, 0.5) is 13.2 Å². The van der Waals surface area contributed by atoms with E-state index in [1.54, 1.807) is 33.9 Å². The first kappa shape index (κ1) is 24.0. The molecule has 2 saturated heterocycles. The Balaban J connectivity index is 0.00000300. The molecule has 29 heavy (non-hydrogen) atoms. The van der Waals surface area contributed by atoms with Gasteiger partial charge in [-0.25, -0.2) is 0 Å². The molecule has 5 nitrogen and oxygen atoms in total. The highest BCUT2D eigenvalue weighted by Gasteiger charge is 2.41. The zero-order valence-corrected chi connectivity index (χ0v) is 19.4. The van der Waals surface area contributed by atoms with Crippen LogP contribution < -0.4 is 15.4 Å². The van der Waals surface area contributed by atoms with Crippen LogP contribution in [0.1, 0.15) is 51.2 Å². The van der Waals surface area contributed by atoms with E-state index in [0.717, 1.165) is 25.3 Å². The Labute approximate surface area is 186 Å². The summed E-state index contributed by atoms with van der Waals surface area (Å²) >= 11 is 0. The molecule has 2 aliphatic heterocycles. The SMILES string of the molecule is CN=C(NCc1ccc(OC(C)(C)C)cc1C(F)(F)F)NC1CC2CCC1O2.I. The van der Waals surface area contributed by atoms with E-state index in [9.17, 15) is 13.2 Å². The van der Waals surface area contributed by atoms with E-state index >= 15 is 0 Å². The van der Waals surface area contributed by atoms with Gasteiger partial charge in [-0.3, -0.25) is 4.99 Å². The van der Waals surface area contributed by atoms with Gasteiger partial charge in [0.15, 0.2) is 5.96 Å². The molecule has 1 aromatic carbocycles. The smallest absolute Gasteiger partial charge is 0.416 e. The highest BCUT2D eigenvalue weighted by Crippen LogP contribution is 2.36. The monoisotopic (exact) mass is 527 g/mol. The molecule has 0 amide bonds. The van der Waals surface area contributed by atoms with Gasteiger partial charge in [0.25, 0.3) is 0 Å². The van der Waals surface area contributed by atoms with Gasteiger partial charge in [-0.15, -0.1) is 24.0 Å². The van der Waals surface area contributed by atoms with E-state index in [1.807, 2.05) is 0 Å². The summed E-state index contributed by atoms with van der Waals surface area (Å²) in [6.45, 7) is 5.40. The lowest BCUT2D eigenvalue weighted by atomic mass is 9.96. The van der Waals surface area contributed by atoms with Gasteiger partial charge in [-0.1, -0.05) is 6.07 Å². The number of ether oxygens (including phenoxy) is 2. The van der Waals surface area contributed by atoms with Crippen LogP contribution in [0, 0.1) is 0 Å². The maximum atomic E-state index is 13.6. The minimum absolute atomic E-state index is 0. The molecule has 9 heteroatoms. The van der Waals surface area contributed by atoms with E-state index in [-0.39, 0.29) is 60.1 Å². The Morgan fingerprint density at radius 3 is 2.48 bits per heavy atom. The third kappa shape index (κ3) is 6.37. The number of benzene rings is 1. The highest BCUT2D eigenvalue weighted by molar-refractivity contribution is 14.0. The van der Waals surface area contributed by atoms with Crippen molar-refractivity contribution < 1.29 is 22.6 Å². The second-order valence-corrected chi connectivity index (χ2v) is 8.32. The fraction of sp³-hybridized carbons (Fsp3) is 0.650. The molecule has 3 unspecified atom stereocenters. The van der Waals surface area contributed by atoms with Crippen molar-refractivity contribution in [1.82, 2.24) is 10.6 Å². The minimum Gasteiger partial charge on any atom is -0.488 e. The van der Waals surface area contributed by atoms with Gasteiger partial charge in [-0.05, 0) is 57.7 Å². The first-order valence-corrected chi connectivity index (χ1v) is 9.57. The quantitative estimate of drug-likeness (QED) is 0.345. The Bertz CT molecular complexity index is 735. The molecular formula is C20H29F3IN3O2. The molecular weight excluding hydrogens is 498 g/mol. The topological polar surface area (TPSA) is 54.9 Å².